The fourth-order valence-corrected chi connectivity index (χ4v) is 7.21. The summed E-state index contributed by atoms with van der Waals surface area (Å²) in [6.45, 7) is 7.27. The molecule has 0 amide bonds. The highest BCUT2D eigenvalue weighted by Crippen LogP contribution is 1.97. The molecule has 0 bridgehead atoms. The Morgan fingerprint density at radius 1 is 0.0431 bits per heavy atom. The highest BCUT2D eigenvalue weighted by Gasteiger charge is 1.75. The molecule has 0 saturated carbocycles. The zero-order valence-corrected chi connectivity index (χ0v) is 67.2. The smallest absolute Gasteiger partial charge is 0.0623 e. The third kappa shape index (κ3) is 98.9. The van der Waals surface area contributed by atoms with Crippen LogP contribution in [0.15, 0.2) is 706 Å². The third-order valence-electron chi connectivity index (χ3n) is 12.6. The molecule has 0 rings (SSSR count). The topological polar surface area (TPSA) is 0 Å². The van der Waals surface area contributed by atoms with Crippen LogP contribution in [0, 0.1) is 0 Å². The SMILES string of the molecule is C=CC=CC=CC=CC=CC=CC=CC=CC=CC=CC=CC=CC=CC=CC=CC=CC=CC=CC=CC=CC=CC=CC=CC=CC=CC=CC=CC=CC=CC=CC=CC=CC=CC=CC=CC=CC=CC=CC=CC=CC=CC=CC=CC=CC=CC=CC=CC=CC=CC=CC=CC=CC=CC=CC=CC=CC=CC=C. The van der Waals surface area contributed by atoms with Crippen molar-refractivity contribution < 1.29 is 0 Å². The summed E-state index contributed by atoms with van der Waals surface area (Å²) in [4.78, 5) is 0. The lowest BCUT2D eigenvalue weighted by molar-refractivity contribution is 1.81. The van der Waals surface area contributed by atoms with Gasteiger partial charge in [-0.25, -0.2) is 0 Å². The van der Waals surface area contributed by atoms with Gasteiger partial charge < -0.3 is 0 Å². The Kier molecular flexibility index (Phi) is 86.9. The van der Waals surface area contributed by atoms with E-state index in [2.05, 4.69) is 13.2 Å². The summed E-state index contributed by atoms with van der Waals surface area (Å²) in [7, 11) is 0. The van der Waals surface area contributed by atoms with Crippen molar-refractivity contribution in [3.63, 3.8) is 0 Å². The molecule has 0 spiro atoms. The van der Waals surface area contributed by atoms with Crippen molar-refractivity contribution in [3.05, 3.63) is 706 Å². The van der Waals surface area contributed by atoms with Crippen LogP contribution < -0.4 is 0 Å². The van der Waals surface area contributed by atoms with Crippen LogP contribution in [0.2, 0.25) is 0 Å². The standard InChI is InChI=1S/C116H118/c1-3-5-7-9-11-13-15-17-19-21-23-25-27-29-31-33-35-37-39-41-43-45-47-49-51-53-55-57-59-61-63-65-67-69-71-73-75-77-79-81-83-85-87-89-91-93-95-97-99-101-103-105-107-109-111-113-115-116-114-112-110-108-106-104-102-100-98-96-94-92-90-88-86-84-82-80-78-76-74-72-70-68-66-64-62-60-58-56-54-52-50-48-46-44-42-40-38-36-34-32-30-28-26-24-22-20-18-16-14-12-10-8-6-4-2/h3-116H,1-2H2. The first-order valence-electron chi connectivity index (χ1n) is 38.5. The largest absolute Gasteiger partial charge is 0.0991 e. The normalized spacial score (nSPS) is 15.6. The average molecular weight is 1510 g/mol. The van der Waals surface area contributed by atoms with Crippen LogP contribution in [0.3, 0.4) is 0 Å². The van der Waals surface area contributed by atoms with E-state index in [1.54, 1.807) is 12.2 Å². The van der Waals surface area contributed by atoms with Crippen molar-refractivity contribution >= 4 is 0 Å². The number of rotatable bonds is 57. The second kappa shape index (κ2) is 99.9. The van der Waals surface area contributed by atoms with Crippen molar-refractivity contribution in [2.75, 3.05) is 0 Å². The van der Waals surface area contributed by atoms with Crippen LogP contribution in [-0.4, -0.2) is 0 Å². The molecular weight excluding hydrogens is 1390 g/mol. The van der Waals surface area contributed by atoms with Gasteiger partial charge in [-0.3, -0.25) is 0 Å². The van der Waals surface area contributed by atoms with Crippen LogP contribution in [0.4, 0.5) is 0 Å². The van der Waals surface area contributed by atoms with Gasteiger partial charge in [-0.05, 0) is 0 Å². The van der Waals surface area contributed by atoms with Gasteiger partial charge in [0.1, 0.15) is 0 Å². The summed E-state index contributed by atoms with van der Waals surface area (Å²) in [6, 6.07) is 0. The summed E-state index contributed by atoms with van der Waals surface area (Å²) in [5.74, 6) is 0. The van der Waals surface area contributed by atoms with E-state index in [1.807, 2.05) is 681 Å². The molecule has 582 valence electrons. The first-order valence-corrected chi connectivity index (χ1v) is 38.5. The first-order chi connectivity index (χ1) is 57.9. The summed E-state index contributed by atoms with van der Waals surface area (Å²) >= 11 is 0. The lowest BCUT2D eigenvalue weighted by Gasteiger charge is -1.77. The van der Waals surface area contributed by atoms with Crippen molar-refractivity contribution in [1.82, 2.24) is 0 Å². The molecule has 0 unspecified atom stereocenters. The third-order valence-corrected chi connectivity index (χ3v) is 12.6. The van der Waals surface area contributed by atoms with Gasteiger partial charge in [0.05, 0.1) is 0 Å². The average Bonchev–Trinajstić information content (AvgIpc) is 1.67. The highest BCUT2D eigenvalue weighted by atomic mass is 13.8. The van der Waals surface area contributed by atoms with E-state index in [1.165, 1.54) is 0 Å². The quantitative estimate of drug-likeness (QED) is 0.0533. The Bertz CT molecular complexity index is 4040. The summed E-state index contributed by atoms with van der Waals surface area (Å²) in [6.07, 6.45) is 227. The van der Waals surface area contributed by atoms with E-state index >= 15 is 0 Å². The van der Waals surface area contributed by atoms with E-state index < -0.39 is 0 Å². The van der Waals surface area contributed by atoms with E-state index in [4.69, 9.17) is 0 Å². The van der Waals surface area contributed by atoms with Gasteiger partial charge in [0.15, 0.2) is 0 Å². The molecule has 0 nitrogen and oxygen atoms in total. The van der Waals surface area contributed by atoms with Crippen LogP contribution in [0.5, 0.6) is 0 Å². The van der Waals surface area contributed by atoms with Crippen molar-refractivity contribution in [1.29, 1.82) is 0 Å². The minimum Gasteiger partial charge on any atom is -0.0991 e. The summed E-state index contributed by atoms with van der Waals surface area (Å²) < 4.78 is 0. The van der Waals surface area contributed by atoms with Crippen LogP contribution >= 0.6 is 0 Å². The van der Waals surface area contributed by atoms with Gasteiger partial charge in [0.2, 0.25) is 0 Å². The summed E-state index contributed by atoms with van der Waals surface area (Å²) in [5, 5.41) is 0. The number of allylic oxidation sites excluding steroid dienone is 114. The fraction of sp³-hybridized carbons (Fsp3) is 0. The minimum atomic E-state index is 1.75. The van der Waals surface area contributed by atoms with E-state index in [0.717, 1.165) is 0 Å². The molecule has 0 fully saturated rings. The van der Waals surface area contributed by atoms with Gasteiger partial charge in [0.25, 0.3) is 0 Å². The first kappa shape index (κ1) is 101. The predicted molar refractivity (Wildman–Crippen MR) is 532 cm³/mol. The maximum Gasteiger partial charge on any atom is -0.0623 e. The highest BCUT2D eigenvalue weighted by molar-refractivity contribution is 5.33. The molecular formula is C116H118. The molecule has 0 aromatic carbocycles. The Hall–Kier alpha value is -15.1. The number of hydrogen-bond donors (Lipinski definition) is 0. The Labute approximate surface area is 701 Å². The second-order valence-corrected chi connectivity index (χ2v) is 22.0. The van der Waals surface area contributed by atoms with E-state index in [9.17, 15) is 0 Å². The number of hydrogen-bond acceptors (Lipinski definition) is 0. The fourth-order valence-electron chi connectivity index (χ4n) is 7.21. The molecule has 0 aliphatic rings. The van der Waals surface area contributed by atoms with E-state index in [0.29, 0.717) is 0 Å². The zero-order valence-electron chi connectivity index (χ0n) is 67.2. The Morgan fingerprint density at radius 2 is 0.0690 bits per heavy atom. The van der Waals surface area contributed by atoms with Gasteiger partial charge in [-0.2, -0.15) is 0 Å². The molecule has 0 heterocycles. The maximum atomic E-state index is 3.64. The molecule has 0 aliphatic heterocycles. The lowest BCUT2D eigenvalue weighted by Crippen LogP contribution is -1.55. The van der Waals surface area contributed by atoms with Gasteiger partial charge >= 0.3 is 0 Å². The van der Waals surface area contributed by atoms with Crippen LogP contribution in [-0.2, 0) is 0 Å². The Morgan fingerprint density at radius 3 is 0.0948 bits per heavy atom. The molecule has 0 saturated heterocycles. The molecule has 0 heteroatoms. The zero-order chi connectivity index (χ0) is 82.6. The van der Waals surface area contributed by atoms with Gasteiger partial charge in [0, 0.05) is 0 Å². The second-order valence-electron chi connectivity index (χ2n) is 22.0. The van der Waals surface area contributed by atoms with Crippen molar-refractivity contribution in [3.8, 4) is 0 Å². The predicted octanol–water partition coefficient (Wildman–Crippen LogP) is 32.5. The van der Waals surface area contributed by atoms with Crippen LogP contribution in [0.1, 0.15) is 0 Å². The summed E-state index contributed by atoms with van der Waals surface area (Å²) in [5.41, 5.74) is 0. The van der Waals surface area contributed by atoms with Crippen molar-refractivity contribution in [2.45, 2.75) is 0 Å². The molecule has 116 heavy (non-hydrogen) atoms. The van der Waals surface area contributed by atoms with Gasteiger partial charge in [-0.15, -0.1) is 0 Å². The molecule has 0 aliphatic carbocycles. The lowest BCUT2D eigenvalue weighted by atomic mass is 10.3. The van der Waals surface area contributed by atoms with Crippen LogP contribution in [0.25, 0.3) is 0 Å². The molecule has 0 aromatic heterocycles. The molecule has 0 aromatic rings. The van der Waals surface area contributed by atoms with Crippen molar-refractivity contribution in [2.24, 2.45) is 0 Å². The Balaban J connectivity index is 4.13. The maximum absolute atomic E-state index is 3.64. The monoisotopic (exact) mass is 1510 g/mol. The molecule has 0 atom stereocenters. The van der Waals surface area contributed by atoms with E-state index in [-0.39, 0.29) is 0 Å². The minimum absolute atomic E-state index is 1.75. The molecule has 0 N–H and O–H groups in total. The molecule has 0 radical (unpaired) electrons. The van der Waals surface area contributed by atoms with Gasteiger partial charge in [-0.1, -0.05) is 706 Å².